The summed E-state index contributed by atoms with van der Waals surface area (Å²) in [6.07, 6.45) is 0. The van der Waals surface area contributed by atoms with Gasteiger partial charge < -0.3 is 10.6 Å². The highest BCUT2D eigenvalue weighted by molar-refractivity contribution is 9.10. The molecule has 4 nitrogen and oxygen atoms in total. The van der Waals surface area contributed by atoms with Crippen LogP contribution in [-0.2, 0) is 13.1 Å². The van der Waals surface area contributed by atoms with E-state index < -0.39 is 0 Å². The number of benzene rings is 3. The monoisotopic (exact) mass is 500 g/mol. The molecule has 0 atom stereocenters. The second-order valence-electron chi connectivity index (χ2n) is 6.20. The first-order valence-electron chi connectivity index (χ1n) is 8.66. The molecule has 3 aromatic carbocycles. The molecule has 2 N–H and O–H groups in total. The maximum Gasteiger partial charge on any atom is 0.251 e. The summed E-state index contributed by atoms with van der Waals surface area (Å²) >= 11 is 6.73. The minimum absolute atomic E-state index is 0.119. The van der Waals surface area contributed by atoms with E-state index in [4.69, 9.17) is 0 Å². The average Bonchev–Trinajstić information content (AvgIpc) is 2.71. The van der Waals surface area contributed by atoms with E-state index in [9.17, 15) is 9.59 Å². The van der Waals surface area contributed by atoms with E-state index in [1.54, 1.807) is 24.3 Å². The molecule has 0 aliphatic heterocycles. The lowest BCUT2D eigenvalue weighted by Gasteiger charge is -2.08. The van der Waals surface area contributed by atoms with Gasteiger partial charge in [-0.05, 0) is 47.5 Å². The summed E-state index contributed by atoms with van der Waals surface area (Å²) in [6.45, 7) is 0.881. The molecule has 0 heterocycles. The van der Waals surface area contributed by atoms with Gasteiger partial charge in [0, 0.05) is 33.2 Å². The van der Waals surface area contributed by atoms with Crippen LogP contribution >= 0.6 is 31.9 Å². The molecule has 3 rings (SSSR count). The summed E-state index contributed by atoms with van der Waals surface area (Å²) in [4.78, 5) is 24.4. The molecule has 0 saturated carbocycles. The minimum atomic E-state index is -0.119. The number of nitrogens with one attached hydrogen (secondary N) is 2. The van der Waals surface area contributed by atoms with Crippen LogP contribution < -0.4 is 10.6 Å². The Morgan fingerprint density at radius 1 is 0.643 bits per heavy atom. The molecule has 0 saturated heterocycles. The van der Waals surface area contributed by atoms with E-state index in [0.29, 0.717) is 24.2 Å². The molecule has 3 aromatic rings. The molecule has 6 heteroatoms. The van der Waals surface area contributed by atoms with Crippen LogP contribution in [0.1, 0.15) is 31.8 Å². The van der Waals surface area contributed by atoms with Crippen LogP contribution in [-0.4, -0.2) is 11.8 Å². The number of halogens is 2. The fraction of sp³-hybridized carbons (Fsp3) is 0.0909. The molecular weight excluding hydrogens is 484 g/mol. The lowest BCUT2D eigenvalue weighted by molar-refractivity contribution is 0.0942. The zero-order valence-electron chi connectivity index (χ0n) is 14.9. The predicted molar refractivity (Wildman–Crippen MR) is 117 cm³/mol. The van der Waals surface area contributed by atoms with E-state index in [-0.39, 0.29) is 11.8 Å². The number of rotatable bonds is 6. The Labute approximate surface area is 180 Å². The highest BCUT2D eigenvalue weighted by atomic mass is 79.9. The van der Waals surface area contributed by atoms with E-state index >= 15 is 0 Å². The normalized spacial score (nSPS) is 10.4. The smallest absolute Gasteiger partial charge is 0.251 e. The second-order valence-corrected chi connectivity index (χ2v) is 8.03. The van der Waals surface area contributed by atoms with Crippen molar-refractivity contribution in [2.75, 3.05) is 0 Å². The molecule has 2 amide bonds. The van der Waals surface area contributed by atoms with Crippen molar-refractivity contribution in [1.29, 1.82) is 0 Å². The Morgan fingerprint density at radius 2 is 1.04 bits per heavy atom. The third-order valence-electron chi connectivity index (χ3n) is 4.10. The van der Waals surface area contributed by atoms with Gasteiger partial charge in [-0.1, -0.05) is 68.3 Å². The third-order valence-corrected chi connectivity index (χ3v) is 5.09. The van der Waals surface area contributed by atoms with Gasteiger partial charge in [-0.2, -0.15) is 0 Å². The number of hydrogen-bond donors (Lipinski definition) is 2. The van der Waals surface area contributed by atoms with Crippen LogP contribution in [0, 0.1) is 0 Å². The average molecular weight is 502 g/mol. The van der Waals surface area contributed by atoms with Crippen molar-refractivity contribution < 1.29 is 9.59 Å². The lowest BCUT2D eigenvalue weighted by atomic mass is 10.1. The van der Waals surface area contributed by atoms with Gasteiger partial charge in [-0.3, -0.25) is 9.59 Å². The number of amides is 2. The van der Waals surface area contributed by atoms with E-state index in [0.717, 1.165) is 20.1 Å². The van der Waals surface area contributed by atoms with Crippen molar-refractivity contribution in [1.82, 2.24) is 10.6 Å². The van der Waals surface area contributed by atoms with Crippen LogP contribution in [0.15, 0.2) is 81.7 Å². The van der Waals surface area contributed by atoms with Crippen molar-refractivity contribution in [3.05, 3.63) is 104 Å². The first-order valence-corrected chi connectivity index (χ1v) is 10.3. The quantitative estimate of drug-likeness (QED) is 0.495. The number of carbonyl (C=O) groups excluding carboxylic acids is 2. The van der Waals surface area contributed by atoms with E-state index in [1.165, 1.54) is 0 Å². The first kappa shape index (κ1) is 20.3. The summed E-state index contributed by atoms with van der Waals surface area (Å²) < 4.78 is 1.74. The minimum Gasteiger partial charge on any atom is -0.348 e. The summed E-state index contributed by atoms with van der Waals surface area (Å²) in [6, 6.07) is 22.3. The molecule has 0 spiro atoms. The van der Waals surface area contributed by atoms with Crippen molar-refractivity contribution in [3.63, 3.8) is 0 Å². The van der Waals surface area contributed by atoms with Gasteiger partial charge in [0.1, 0.15) is 0 Å². The molecule has 0 aliphatic rings. The van der Waals surface area contributed by atoms with Gasteiger partial charge in [-0.25, -0.2) is 0 Å². The van der Waals surface area contributed by atoms with E-state index in [2.05, 4.69) is 42.5 Å². The Bertz CT molecular complexity index is 907. The third kappa shape index (κ3) is 5.78. The van der Waals surface area contributed by atoms with Crippen LogP contribution in [0.5, 0.6) is 0 Å². The van der Waals surface area contributed by atoms with Crippen molar-refractivity contribution in [2.45, 2.75) is 13.1 Å². The second kappa shape index (κ2) is 9.66. The SMILES string of the molecule is O=C(NCc1ccc(CNC(=O)c2cccc(Br)c2)cc1)c1cccc(Br)c1. The van der Waals surface area contributed by atoms with Crippen LogP contribution in [0.3, 0.4) is 0 Å². The van der Waals surface area contributed by atoms with Crippen molar-refractivity contribution in [2.24, 2.45) is 0 Å². The van der Waals surface area contributed by atoms with Crippen LogP contribution in [0.25, 0.3) is 0 Å². The Balaban J connectivity index is 1.51. The predicted octanol–water partition coefficient (Wildman–Crippen LogP) is 5.07. The lowest BCUT2D eigenvalue weighted by Crippen LogP contribution is -2.23. The molecule has 0 bridgehead atoms. The van der Waals surface area contributed by atoms with Gasteiger partial charge >= 0.3 is 0 Å². The fourth-order valence-electron chi connectivity index (χ4n) is 2.60. The fourth-order valence-corrected chi connectivity index (χ4v) is 3.40. The standard InChI is InChI=1S/C22H18Br2N2O2/c23-19-5-1-3-17(11-19)21(27)25-13-15-7-9-16(10-8-15)14-26-22(28)18-4-2-6-20(24)12-18/h1-12H,13-14H2,(H,25,27)(H,26,28). The number of carbonyl (C=O) groups is 2. The summed E-state index contributed by atoms with van der Waals surface area (Å²) in [5.74, 6) is -0.238. The molecule has 0 aromatic heterocycles. The van der Waals surface area contributed by atoms with Crippen LogP contribution in [0.2, 0.25) is 0 Å². The Kier molecular flexibility index (Phi) is 7.01. The molecule has 0 radical (unpaired) electrons. The maximum absolute atomic E-state index is 12.2. The van der Waals surface area contributed by atoms with Crippen LogP contribution in [0.4, 0.5) is 0 Å². The Morgan fingerprint density at radius 3 is 1.39 bits per heavy atom. The Hall–Kier alpha value is -2.44. The zero-order chi connectivity index (χ0) is 19.9. The highest BCUT2D eigenvalue weighted by Crippen LogP contribution is 2.13. The van der Waals surface area contributed by atoms with Crippen molar-refractivity contribution in [3.8, 4) is 0 Å². The summed E-state index contributed by atoms with van der Waals surface area (Å²) in [5, 5.41) is 5.81. The number of hydrogen-bond acceptors (Lipinski definition) is 2. The molecular formula is C22H18Br2N2O2. The van der Waals surface area contributed by atoms with Gasteiger partial charge in [-0.15, -0.1) is 0 Å². The zero-order valence-corrected chi connectivity index (χ0v) is 18.1. The van der Waals surface area contributed by atoms with Crippen molar-refractivity contribution >= 4 is 43.7 Å². The van der Waals surface area contributed by atoms with Gasteiger partial charge in [0.25, 0.3) is 11.8 Å². The van der Waals surface area contributed by atoms with E-state index in [1.807, 2.05) is 48.5 Å². The highest BCUT2D eigenvalue weighted by Gasteiger charge is 2.07. The maximum atomic E-state index is 12.2. The summed E-state index contributed by atoms with van der Waals surface area (Å²) in [5.41, 5.74) is 3.21. The largest absolute Gasteiger partial charge is 0.348 e. The molecule has 0 fully saturated rings. The molecule has 0 unspecified atom stereocenters. The molecule has 142 valence electrons. The molecule has 0 aliphatic carbocycles. The topological polar surface area (TPSA) is 58.2 Å². The van der Waals surface area contributed by atoms with Gasteiger partial charge in [0.2, 0.25) is 0 Å². The summed E-state index contributed by atoms with van der Waals surface area (Å²) in [7, 11) is 0. The van der Waals surface area contributed by atoms with Gasteiger partial charge in [0.05, 0.1) is 0 Å². The molecule has 28 heavy (non-hydrogen) atoms. The first-order chi connectivity index (χ1) is 13.5. The van der Waals surface area contributed by atoms with Gasteiger partial charge in [0.15, 0.2) is 0 Å².